The second kappa shape index (κ2) is 1.69. The summed E-state index contributed by atoms with van der Waals surface area (Å²) in [5.41, 5.74) is 0. The van der Waals surface area contributed by atoms with E-state index in [4.69, 9.17) is 0 Å². The van der Waals surface area contributed by atoms with Crippen LogP contribution in [-0.2, 0) is 0 Å². The molecule has 0 saturated carbocycles. The van der Waals surface area contributed by atoms with Gasteiger partial charge in [0.25, 0.3) is 0 Å². The molecule has 0 atom stereocenters. The van der Waals surface area contributed by atoms with Crippen molar-refractivity contribution >= 4 is 0 Å². The molecule has 0 bridgehead atoms. The van der Waals surface area contributed by atoms with Crippen molar-refractivity contribution in [3.05, 3.63) is 12.8 Å². The van der Waals surface area contributed by atoms with Gasteiger partial charge in [-0.05, 0) is 5.34 Å². The Morgan fingerprint density at radius 1 is 1.60 bits per heavy atom. The fourth-order valence-corrected chi connectivity index (χ4v) is 0. The topological polar surface area (TPSA) is 3.24 Å². The molecule has 0 fully saturated rings. The van der Waals surface area contributed by atoms with E-state index < -0.39 is 5.34 Å². The number of halogens is 2. The van der Waals surface area contributed by atoms with Crippen molar-refractivity contribution in [2.24, 2.45) is 0 Å². The molecule has 0 amide bonds. The van der Waals surface area contributed by atoms with E-state index in [1.54, 1.807) is 0 Å². The van der Waals surface area contributed by atoms with Crippen molar-refractivity contribution in [3.8, 4) is 0 Å². The van der Waals surface area contributed by atoms with E-state index in [0.717, 1.165) is 0 Å². The van der Waals surface area contributed by atoms with Crippen LogP contribution < -0.4 is 0 Å². The Balaban J connectivity index is 2.83. The number of rotatable bonds is 1. The third-order valence-corrected chi connectivity index (χ3v) is 0.138. The summed E-state index contributed by atoms with van der Waals surface area (Å²) in [5, 5.41) is -1.11. The van der Waals surface area contributed by atoms with Crippen molar-refractivity contribution in [1.82, 2.24) is 5.34 Å². The minimum absolute atomic E-state index is 0.417. The van der Waals surface area contributed by atoms with Gasteiger partial charge in [0.05, 0.1) is 6.20 Å². The summed E-state index contributed by atoms with van der Waals surface area (Å²) in [6.45, 7) is 2.74. The van der Waals surface area contributed by atoms with Gasteiger partial charge >= 0.3 is 0 Å². The molecule has 0 rings (SSSR count). The van der Waals surface area contributed by atoms with E-state index >= 15 is 0 Å². The molecule has 0 aliphatic heterocycles. The lowest BCUT2D eigenvalue weighted by molar-refractivity contribution is -0.101. The van der Waals surface area contributed by atoms with E-state index in [9.17, 15) is 8.96 Å². The molecule has 0 aromatic heterocycles. The van der Waals surface area contributed by atoms with Gasteiger partial charge in [-0.2, -0.15) is 0 Å². The predicted octanol–water partition coefficient (Wildman–Crippen LogP) is 1.20. The molecule has 0 heterocycles. The van der Waals surface area contributed by atoms with Crippen LogP contribution in [0.4, 0.5) is 8.96 Å². The van der Waals surface area contributed by atoms with Crippen molar-refractivity contribution in [1.29, 1.82) is 0 Å². The van der Waals surface area contributed by atoms with Gasteiger partial charge in [-0.3, -0.25) is 0 Å². The molecule has 0 aliphatic carbocycles. The molecule has 0 N–H and O–H groups in total. The lowest BCUT2D eigenvalue weighted by Crippen LogP contribution is -1.80. The zero-order valence-corrected chi connectivity index (χ0v) is 2.49. The van der Waals surface area contributed by atoms with Crippen molar-refractivity contribution < 1.29 is 8.96 Å². The van der Waals surface area contributed by atoms with Crippen LogP contribution in [0.3, 0.4) is 0 Å². The summed E-state index contributed by atoms with van der Waals surface area (Å²) in [6.07, 6.45) is 0.417. The largest absolute Gasteiger partial charge is 0.0773 e. The first-order valence-electron chi connectivity index (χ1n) is 1.00. The smallest absolute Gasteiger partial charge is 0.0619 e. The Kier molecular flexibility index (Phi) is 1.49. The molecule has 1 nitrogen and oxygen atoms in total. The quantitative estimate of drug-likeness (QED) is 0.427. The predicted molar refractivity (Wildman–Crippen MR) is 14.3 cm³/mol. The Hall–Kier alpha value is -0.600. The van der Waals surface area contributed by atoms with E-state index in [2.05, 4.69) is 6.58 Å². The molecular formula is C2H3F2N. The van der Waals surface area contributed by atoms with E-state index in [0.29, 0.717) is 6.20 Å². The van der Waals surface area contributed by atoms with Gasteiger partial charge in [0.2, 0.25) is 0 Å². The highest BCUT2D eigenvalue weighted by Gasteiger charge is 1.76. The van der Waals surface area contributed by atoms with Crippen LogP contribution in [0, 0.1) is 0 Å². The van der Waals surface area contributed by atoms with Crippen molar-refractivity contribution in [3.63, 3.8) is 0 Å². The zero-order valence-electron chi connectivity index (χ0n) is 2.49. The first-order valence-corrected chi connectivity index (χ1v) is 1.00. The van der Waals surface area contributed by atoms with Crippen molar-refractivity contribution in [2.75, 3.05) is 0 Å². The maximum atomic E-state index is 10.5. The Bertz CT molecular complexity index is 34.6. The summed E-state index contributed by atoms with van der Waals surface area (Å²) in [5.74, 6) is 0. The lowest BCUT2D eigenvalue weighted by atomic mass is 11.1. The number of hydrogen-bond donors (Lipinski definition) is 0. The maximum Gasteiger partial charge on any atom is 0.0619 e. The van der Waals surface area contributed by atoms with Gasteiger partial charge in [0.15, 0.2) is 0 Å². The highest BCUT2D eigenvalue weighted by atomic mass is 19.4. The number of nitrogens with zero attached hydrogens (tertiary/aromatic N) is 1. The van der Waals surface area contributed by atoms with Crippen LogP contribution in [-0.4, -0.2) is 5.34 Å². The van der Waals surface area contributed by atoms with Crippen molar-refractivity contribution in [2.45, 2.75) is 0 Å². The van der Waals surface area contributed by atoms with Gasteiger partial charge in [-0.25, -0.2) is 0 Å². The SMILES string of the molecule is C=CN(F)F. The summed E-state index contributed by atoms with van der Waals surface area (Å²) in [7, 11) is 0. The van der Waals surface area contributed by atoms with E-state index in [1.807, 2.05) is 0 Å². The van der Waals surface area contributed by atoms with Crippen LogP contribution in [0.2, 0.25) is 0 Å². The molecule has 3 heteroatoms. The second-order valence-corrected chi connectivity index (χ2v) is 0.442. The fraction of sp³-hybridized carbons (Fsp3) is 0. The molecule has 0 unspecified atom stereocenters. The van der Waals surface area contributed by atoms with Crippen LogP contribution in [0.5, 0.6) is 0 Å². The third-order valence-electron chi connectivity index (χ3n) is 0.138. The molecule has 30 valence electrons. The van der Waals surface area contributed by atoms with Crippen LogP contribution in [0.15, 0.2) is 12.8 Å². The zero-order chi connectivity index (χ0) is 4.28. The second-order valence-electron chi connectivity index (χ2n) is 0.442. The summed E-state index contributed by atoms with van der Waals surface area (Å²) in [6, 6.07) is 0. The standard InChI is InChI=1S/C2H3F2N/c1-2-5(3)4/h2H,1H2. The normalized spacial score (nSPS) is 6.80. The minimum Gasteiger partial charge on any atom is -0.0773 e. The van der Waals surface area contributed by atoms with Crippen LogP contribution in [0.25, 0.3) is 0 Å². The molecule has 0 radical (unpaired) electrons. The van der Waals surface area contributed by atoms with Gasteiger partial charge < -0.3 is 0 Å². The van der Waals surface area contributed by atoms with Crippen LogP contribution >= 0.6 is 0 Å². The fourth-order valence-electron chi connectivity index (χ4n) is 0. The Morgan fingerprint density at radius 3 is 1.80 bits per heavy atom. The molecule has 0 aliphatic rings. The average molecular weight is 79.0 g/mol. The monoisotopic (exact) mass is 79.0 g/mol. The molecule has 0 aromatic rings. The summed E-state index contributed by atoms with van der Waals surface area (Å²) in [4.78, 5) is 0. The van der Waals surface area contributed by atoms with Crippen LogP contribution in [0.1, 0.15) is 0 Å². The molecule has 0 spiro atoms. The Labute approximate surface area is 28.4 Å². The molecular weight excluding hydrogens is 76.0 g/mol. The van der Waals surface area contributed by atoms with Gasteiger partial charge in [-0.15, -0.1) is 0 Å². The van der Waals surface area contributed by atoms with E-state index in [1.165, 1.54) is 0 Å². The first kappa shape index (κ1) is 4.40. The molecule has 0 aromatic carbocycles. The summed E-state index contributed by atoms with van der Waals surface area (Å²) < 4.78 is 21.0. The number of hydrogen-bond acceptors (Lipinski definition) is 1. The Morgan fingerprint density at radius 2 is 1.80 bits per heavy atom. The molecule has 5 heavy (non-hydrogen) atoms. The highest BCUT2D eigenvalue weighted by Crippen LogP contribution is 1.83. The highest BCUT2D eigenvalue weighted by molar-refractivity contribution is 4.50. The van der Waals surface area contributed by atoms with Gasteiger partial charge in [-0.1, -0.05) is 15.5 Å². The van der Waals surface area contributed by atoms with E-state index in [-0.39, 0.29) is 0 Å². The third kappa shape index (κ3) is 3.40. The first-order chi connectivity index (χ1) is 2.27. The average Bonchev–Trinajstić information content (AvgIpc) is 1.38. The lowest BCUT2D eigenvalue weighted by Gasteiger charge is -1.82. The van der Waals surface area contributed by atoms with Gasteiger partial charge in [0, 0.05) is 0 Å². The maximum absolute atomic E-state index is 10.5. The molecule has 0 saturated heterocycles. The van der Waals surface area contributed by atoms with Gasteiger partial charge in [0.1, 0.15) is 0 Å². The minimum atomic E-state index is -1.11. The summed E-state index contributed by atoms with van der Waals surface area (Å²) >= 11 is 0.